The Morgan fingerprint density at radius 2 is 2.20 bits per heavy atom. The SMILES string of the molecule is c1ccc2c(c1)COC(C1CCCN1)O2. The van der Waals surface area contributed by atoms with E-state index in [4.69, 9.17) is 9.47 Å². The van der Waals surface area contributed by atoms with Crippen LogP contribution < -0.4 is 10.1 Å². The molecule has 0 aliphatic carbocycles. The van der Waals surface area contributed by atoms with Crippen LogP contribution in [-0.4, -0.2) is 18.9 Å². The molecule has 2 atom stereocenters. The first kappa shape index (κ1) is 9.19. The minimum absolute atomic E-state index is 0.109. The molecule has 80 valence electrons. The number of nitrogens with one attached hydrogen (secondary N) is 1. The van der Waals surface area contributed by atoms with E-state index in [1.54, 1.807) is 0 Å². The van der Waals surface area contributed by atoms with E-state index in [1.807, 2.05) is 24.3 Å². The van der Waals surface area contributed by atoms with Crippen LogP contribution in [0.5, 0.6) is 5.75 Å². The van der Waals surface area contributed by atoms with Crippen LogP contribution in [0.2, 0.25) is 0 Å². The van der Waals surface area contributed by atoms with Crippen molar-refractivity contribution in [3.63, 3.8) is 0 Å². The minimum atomic E-state index is -0.109. The average molecular weight is 205 g/mol. The van der Waals surface area contributed by atoms with Crippen LogP contribution in [0.15, 0.2) is 24.3 Å². The van der Waals surface area contributed by atoms with Gasteiger partial charge in [-0.3, -0.25) is 0 Å². The van der Waals surface area contributed by atoms with Gasteiger partial charge in [-0.2, -0.15) is 0 Å². The number of para-hydroxylation sites is 1. The highest BCUT2D eigenvalue weighted by atomic mass is 16.7. The second kappa shape index (κ2) is 3.83. The van der Waals surface area contributed by atoms with Gasteiger partial charge in [0.05, 0.1) is 12.6 Å². The smallest absolute Gasteiger partial charge is 0.215 e. The maximum absolute atomic E-state index is 5.83. The van der Waals surface area contributed by atoms with Crippen LogP contribution in [-0.2, 0) is 11.3 Å². The van der Waals surface area contributed by atoms with E-state index in [0.29, 0.717) is 12.6 Å². The van der Waals surface area contributed by atoms with Gasteiger partial charge in [0.15, 0.2) is 0 Å². The van der Waals surface area contributed by atoms with Gasteiger partial charge in [-0.1, -0.05) is 18.2 Å². The fourth-order valence-electron chi connectivity index (χ4n) is 2.21. The number of hydrogen-bond donors (Lipinski definition) is 1. The summed E-state index contributed by atoms with van der Waals surface area (Å²) in [7, 11) is 0. The van der Waals surface area contributed by atoms with Crippen molar-refractivity contribution in [2.75, 3.05) is 6.54 Å². The van der Waals surface area contributed by atoms with Gasteiger partial charge >= 0.3 is 0 Å². The number of benzene rings is 1. The largest absolute Gasteiger partial charge is 0.463 e. The quantitative estimate of drug-likeness (QED) is 0.756. The normalized spacial score (nSPS) is 29.6. The number of rotatable bonds is 1. The Morgan fingerprint density at radius 1 is 1.27 bits per heavy atom. The summed E-state index contributed by atoms with van der Waals surface area (Å²) in [6.45, 7) is 1.74. The summed E-state index contributed by atoms with van der Waals surface area (Å²) in [5.74, 6) is 0.974. The second-order valence-corrected chi connectivity index (χ2v) is 4.11. The Morgan fingerprint density at radius 3 is 3.07 bits per heavy atom. The van der Waals surface area contributed by atoms with Gasteiger partial charge in [-0.05, 0) is 25.5 Å². The van der Waals surface area contributed by atoms with E-state index < -0.39 is 0 Å². The van der Waals surface area contributed by atoms with Crippen molar-refractivity contribution in [1.29, 1.82) is 0 Å². The number of ether oxygens (including phenoxy) is 2. The van der Waals surface area contributed by atoms with E-state index in [9.17, 15) is 0 Å². The molecule has 0 bridgehead atoms. The highest BCUT2D eigenvalue weighted by Gasteiger charge is 2.30. The molecule has 1 aromatic rings. The topological polar surface area (TPSA) is 30.5 Å². The van der Waals surface area contributed by atoms with Gasteiger partial charge in [0.2, 0.25) is 6.29 Å². The lowest BCUT2D eigenvalue weighted by atomic mass is 10.1. The third-order valence-electron chi connectivity index (χ3n) is 3.05. The van der Waals surface area contributed by atoms with Gasteiger partial charge in [-0.25, -0.2) is 0 Å². The molecular weight excluding hydrogens is 190 g/mol. The zero-order valence-electron chi connectivity index (χ0n) is 8.61. The molecule has 2 heterocycles. The van der Waals surface area contributed by atoms with E-state index in [-0.39, 0.29) is 6.29 Å². The highest BCUT2D eigenvalue weighted by molar-refractivity contribution is 5.33. The summed E-state index contributed by atoms with van der Waals surface area (Å²) >= 11 is 0. The standard InChI is InChI=1S/C12H15NO2/c1-2-6-11-9(4-1)8-14-12(15-11)10-5-3-7-13-10/h1-2,4,6,10,12-13H,3,5,7-8H2. The zero-order valence-corrected chi connectivity index (χ0v) is 8.61. The fourth-order valence-corrected chi connectivity index (χ4v) is 2.21. The van der Waals surface area contributed by atoms with Gasteiger partial charge < -0.3 is 14.8 Å². The lowest BCUT2D eigenvalue weighted by Gasteiger charge is -2.30. The molecule has 3 heteroatoms. The molecule has 3 rings (SSSR count). The molecule has 0 saturated carbocycles. The molecule has 1 fully saturated rings. The van der Waals surface area contributed by atoms with Crippen LogP contribution in [0.1, 0.15) is 18.4 Å². The predicted octanol–water partition coefficient (Wildman–Crippen LogP) is 1.67. The monoisotopic (exact) mass is 205 g/mol. The molecular formula is C12H15NO2. The fraction of sp³-hybridized carbons (Fsp3) is 0.500. The van der Waals surface area contributed by atoms with Crippen LogP contribution in [0.25, 0.3) is 0 Å². The average Bonchev–Trinajstić information content (AvgIpc) is 2.82. The Bertz CT molecular complexity index is 347. The molecule has 1 aromatic carbocycles. The molecule has 0 radical (unpaired) electrons. The molecule has 1 N–H and O–H groups in total. The zero-order chi connectivity index (χ0) is 10.1. The molecule has 2 aliphatic rings. The van der Waals surface area contributed by atoms with Crippen molar-refractivity contribution in [3.8, 4) is 5.75 Å². The first-order valence-electron chi connectivity index (χ1n) is 5.53. The Labute approximate surface area is 89.4 Å². The molecule has 2 aliphatic heterocycles. The lowest BCUT2D eigenvalue weighted by Crippen LogP contribution is -2.42. The van der Waals surface area contributed by atoms with Gasteiger partial charge in [0.25, 0.3) is 0 Å². The number of hydrogen-bond acceptors (Lipinski definition) is 3. The van der Waals surface area contributed by atoms with Crippen LogP contribution >= 0.6 is 0 Å². The molecule has 2 unspecified atom stereocenters. The second-order valence-electron chi connectivity index (χ2n) is 4.11. The van der Waals surface area contributed by atoms with Crippen LogP contribution in [0, 0.1) is 0 Å². The van der Waals surface area contributed by atoms with Crippen molar-refractivity contribution in [2.45, 2.75) is 31.8 Å². The molecule has 0 spiro atoms. The van der Waals surface area contributed by atoms with E-state index >= 15 is 0 Å². The number of fused-ring (bicyclic) bond motifs is 1. The van der Waals surface area contributed by atoms with Crippen LogP contribution in [0.4, 0.5) is 0 Å². The Hall–Kier alpha value is -1.06. The van der Waals surface area contributed by atoms with Crippen molar-refractivity contribution in [3.05, 3.63) is 29.8 Å². The summed E-state index contributed by atoms with van der Waals surface area (Å²) in [5.41, 5.74) is 1.15. The van der Waals surface area contributed by atoms with Gasteiger partial charge in [0, 0.05) is 5.56 Å². The summed E-state index contributed by atoms with van der Waals surface area (Å²) in [6.07, 6.45) is 2.25. The Kier molecular flexibility index (Phi) is 2.35. The van der Waals surface area contributed by atoms with E-state index in [2.05, 4.69) is 5.32 Å². The maximum Gasteiger partial charge on any atom is 0.215 e. The highest BCUT2D eigenvalue weighted by Crippen LogP contribution is 2.28. The summed E-state index contributed by atoms with van der Waals surface area (Å²) in [4.78, 5) is 0. The van der Waals surface area contributed by atoms with Gasteiger partial charge in [-0.15, -0.1) is 0 Å². The van der Waals surface area contributed by atoms with Crippen molar-refractivity contribution in [1.82, 2.24) is 5.32 Å². The first-order valence-corrected chi connectivity index (χ1v) is 5.53. The summed E-state index contributed by atoms with van der Waals surface area (Å²) in [6, 6.07) is 8.44. The maximum atomic E-state index is 5.83. The van der Waals surface area contributed by atoms with Crippen molar-refractivity contribution >= 4 is 0 Å². The molecule has 3 nitrogen and oxygen atoms in total. The summed E-state index contributed by atoms with van der Waals surface area (Å²) in [5, 5.41) is 3.41. The third kappa shape index (κ3) is 1.73. The van der Waals surface area contributed by atoms with Crippen molar-refractivity contribution < 1.29 is 9.47 Å². The van der Waals surface area contributed by atoms with Gasteiger partial charge in [0.1, 0.15) is 5.75 Å². The summed E-state index contributed by atoms with van der Waals surface area (Å²) < 4.78 is 11.5. The molecule has 0 amide bonds. The van der Waals surface area contributed by atoms with E-state index in [1.165, 1.54) is 6.42 Å². The molecule has 1 saturated heterocycles. The van der Waals surface area contributed by atoms with Crippen LogP contribution in [0.3, 0.4) is 0 Å². The minimum Gasteiger partial charge on any atom is -0.463 e. The first-order chi connectivity index (χ1) is 7.43. The van der Waals surface area contributed by atoms with Crippen molar-refractivity contribution in [2.24, 2.45) is 0 Å². The molecule has 0 aromatic heterocycles. The predicted molar refractivity (Wildman–Crippen MR) is 56.7 cm³/mol. The van der Waals surface area contributed by atoms with E-state index in [0.717, 1.165) is 24.3 Å². The lowest BCUT2D eigenvalue weighted by molar-refractivity contribution is -0.123. The Balaban J connectivity index is 1.76. The third-order valence-corrected chi connectivity index (χ3v) is 3.05. The molecule has 15 heavy (non-hydrogen) atoms.